The van der Waals surface area contributed by atoms with Gasteiger partial charge in [-0.05, 0) is 145 Å². The van der Waals surface area contributed by atoms with Gasteiger partial charge in [-0.25, -0.2) is 0 Å². The lowest BCUT2D eigenvalue weighted by Crippen LogP contribution is -2.10. The standard InChI is InChI=1S/C65H49NO/c1-43-15-11-21-48-31-36-58-56-27-9-10-28-57(56)61-41-52(33-37-59(61)60-38-32-49-22-12-16-44(2)64(49)65(60)67-42-62(58)63(43)48)51-24-14-26-55(40-51)66(53-34-29-47(30-35-53)45-17-5-3-6-18-45)54-25-13-23-50(39-54)46-19-7-4-8-20-46/h3-15,17-41,44H,16,42H2,1-2H3. The lowest BCUT2D eigenvalue weighted by molar-refractivity contribution is 0.304. The van der Waals surface area contributed by atoms with Crippen LogP contribution < -0.4 is 9.64 Å². The topological polar surface area (TPSA) is 12.5 Å². The Morgan fingerprint density at radius 2 is 0.985 bits per heavy atom. The van der Waals surface area contributed by atoms with Crippen molar-refractivity contribution >= 4 is 33.9 Å². The van der Waals surface area contributed by atoms with Crippen LogP contribution in [0.3, 0.4) is 0 Å². The number of fused-ring (bicyclic) bond motifs is 11. The van der Waals surface area contributed by atoms with E-state index in [9.17, 15) is 0 Å². The second kappa shape index (κ2) is 17.0. The van der Waals surface area contributed by atoms with Crippen molar-refractivity contribution < 1.29 is 4.74 Å². The molecule has 0 amide bonds. The molecule has 320 valence electrons. The fourth-order valence-corrected chi connectivity index (χ4v) is 10.6. The van der Waals surface area contributed by atoms with Gasteiger partial charge in [0.2, 0.25) is 0 Å². The summed E-state index contributed by atoms with van der Waals surface area (Å²) in [5.41, 5.74) is 22.5. The molecule has 12 rings (SSSR count). The summed E-state index contributed by atoms with van der Waals surface area (Å²) in [7, 11) is 0. The second-order valence-corrected chi connectivity index (χ2v) is 18.1. The number of hydrogen-bond donors (Lipinski definition) is 0. The zero-order valence-corrected chi connectivity index (χ0v) is 37.8. The van der Waals surface area contributed by atoms with Crippen molar-refractivity contribution in [3.8, 4) is 72.5 Å². The summed E-state index contributed by atoms with van der Waals surface area (Å²) in [5.74, 6) is 1.32. The lowest BCUT2D eigenvalue weighted by atomic mass is 9.81. The SMILES string of the molecule is Cc1cccc2ccc3c(c12)COc1c(ccc2c1C(C)CC=C2)-c1ccc(-c2cccc(N(c4ccc(-c5ccccc5)cc4)c4cccc(-c5ccccc5)c4)c2)cc1-c1ccccc1-3. The molecule has 0 saturated heterocycles. The third-order valence-corrected chi connectivity index (χ3v) is 13.9. The Balaban J connectivity index is 1.05. The van der Waals surface area contributed by atoms with Gasteiger partial charge in [0.25, 0.3) is 0 Å². The minimum absolute atomic E-state index is 0.329. The Labute approximate surface area is 393 Å². The first kappa shape index (κ1) is 40.3. The van der Waals surface area contributed by atoms with Gasteiger partial charge in [0, 0.05) is 33.8 Å². The molecule has 2 aliphatic rings. The molecule has 1 heterocycles. The first-order chi connectivity index (χ1) is 33.1. The molecule has 0 N–H and O–H groups in total. The largest absolute Gasteiger partial charge is 0.488 e. The number of benzene rings is 10. The third-order valence-electron chi connectivity index (χ3n) is 13.9. The normalized spacial score (nSPS) is 13.6. The zero-order chi connectivity index (χ0) is 44.8. The monoisotopic (exact) mass is 859 g/mol. The highest BCUT2D eigenvalue weighted by Gasteiger charge is 2.27. The summed E-state index contributed by atoms with van der Waals surface area (Å²) in [5, 5.41) is 2.51. The van der Waals surface area contributed by atoms with Crippen LogP contribution in [0.15, 0.2) is 224 Å². The van der Waals surface area contributed by atoms with Crippen LogP contribution in [-0.2, 0) is 6.61 Å². The summed E-state index contributed by atoms with van der Waals surface area (Å²) >= 11 is 0. The van der Waals surface area contributed by atoms with Crippen LogP contribution in [0.5, 0.6) is 5.75 Å². The van der Waals surface area contributed by atoms with Crippen molar-refractivity contribution in [3.63, 3.8) is 0 Å². The van der Waals surface area contributed by atoms with Crippen LogP contribution in [0.4, 0.5) is 17.1 Å². The van der Waals surface area contributed by atoms with E-state index in [1.54, 1.807) is 0 Å². The van der Waals surface area contributed by atoms with Crippen molar-refractivity contribution in [3.05, 3.63) is 247 Å². The van der Waals surface area contributed by atoms with Crippen molar-refractivity contribution in [1.82, 2.24) is 0 Å². The molecule has 0 radical (unpaired) electrons. The predicted molar refractivity (Wildman–Crippen MR) is 282 cm³/mol. The average Bonchev–Trinajstić information content (AvgIpc) is 3.39. The molecule has 2 nitrogen and oxygen atoms in total. The van der Waals surface area contributed by atoms with Gasteiger partial charge in [-0.15, -0.1) is 0 Å². The van der Waals surface area contributed by atoms with E-state index >= 15 is 0 Å². The molecule has 67 heavy (non-hydrogen) atoms. The quantitative estimate of drug-likeness (QED) is 0.165. The molecule has 0 aromatic heterocycles. The van der Waals surface area contributed by atoms with Gasteiger partial charge in [0.15, 0.2) is 0 Å². The van der Waals surface area contributed by atoms with Gasteiger partial charge >= 0.3 is 0 Å². The fourth-order valence-electron chi connectivity index (χ4n) is 10.6. The van der Waals surface area contributed by atoms with Crippen LogP contribution in [-0.4, -0.2) is 0 Å². The molecule has 0 fully saturated rings. The molecule has 0 saturated carbocycles. The van der Waals surface area contributed by atoms with Crippen molar-refractivity contribution in [2.24, 2.45) is 0 Å². The summed E-state index contributed by atoms with van der Waals surface area (Å²) in [4.78, 5) is 2.39. The molecule has 1 aliphatic carbocycles. The molecule has 1 unspecified atom stereocenters. The van der Waals surface area contributed by atoms with E-state index in [0.29, 0.717) is 12.5 Å². The summed E-state index contributed by atoms with van der Waals surface area (Å²) in [6, 6.07) is 80.0. The van der Waals surface area contributed by atoms with Crippen molar-refractivity contribution in [1.29, 1.82) is 0 Å². The van der Waals surface area contributed by atoms with Crippen LogP contribution >= 0.6 is 0 Å². The Kier molecular flexibility index (Phi) is 10.2. The Hall–Kier alpha value is -8.20. The maximum atomic E-state index is 7.26. The number of aryl methyl sites for hydroxylation is 1. The highest BCUT2D eigenvalue weighted by Crippen LogP contribution is 2.50. The molecule has 1 aliphatic heterocycles. The molecular formula is C65H49NO. The van der Waals surface area contributed by atoms with Gasteiger partial charge < -0.3 is 9.64 Å². The van der Waals surface area contributed by atoms with E-state index in [4.69, 9.17) is 4.74 Å². The van der Waals surface area contributed by atoms with Crippen LogP contribution in [0, 0.1) is 6.92 Å². The van der Waals surface area contributed by atoms with E-state index in [1.807, 2.05) is 0 Å². The average molecular weight is 860 g/mol. The van der Waals surface area contributed by atoms with Crippen LogP contribution in [0.1, 0.15) is 41.5 Å². The smallest absolute Gasteiger partial charge is 0.131 e. The fraction of sp³-hybridized carbons (Fsp3) is 0.0769. The van der Waals surface area contributed by atoms with Crippen LogP contribution in [0.25, 0.3) is 83.6 Å². The van der Waals surface area contributed by atoms with Gasteiger partial charge in [-0.2, -0.15) is 0 Å². The Bertz CT molecular complexity index is 3510. The van der Waals surface area contributed by atoms with E-state index < -0.39 is 0 Å². The highest BCUT2D eigenvalue weighted by molar-refractivity contribution is 6.00. The molecule has 2 heteroatoms. The van der Waals surface area contributed by atoms with Crippen LogP contribution in [0.2, 0.25) is 0 Å². The van der Waals surface area contributed by atoms with Gasteiger partial charge in [-0.3, -0.25) is 0 Å². The first-order valence-electron chi connectivity index (χ1n) is 23.5. The van der Waals surface area contributed by atoms with Crippen molar-refractivity contribution in [2.75, 3.05) is 4.90 Å². The molecular weight excluding hydrogens is 811 g/mol. The number of anilines is 3. The molecule has 10 aromatic rings. The number of allylic oxidation sites excluding steroid dienone is 1. The highest BCUT2D eigenvalue weighted by atomic mass is 16.5. The minimum atomic E-state index is 0.329. The van der Waals surface area contributed by atoms with Gasteiger partial charge in [0.05, 0.1) is 0 Å². The third kappa shape index (κ3) is 7.32. The number of nitrogens with zero attached hydrogens (tertiary/aromatic N) is 1. The number of ether oxygens (including phenoxy) is 1. The molecule has 0 spiro atoms. The van der Waals surface area contributed by atoms with E-state index in [-0.39, 0.29) is 0 Å². The lowest BCUT2D eigenvalue weighted by Gasteiger charge is -2.28. The number of hydrogen-bond acceptors (Lipinski definition) is 2. The van der Waals surface area contributed by atoms with E-state index in [0.717, 1.165) is 45.9 Å². The molecule has 0 bridgehead atoms. The Morgan fingerprint density at radius 3 is 1.72 bits per heavy atom. The van der Waals surface area contributed by atoms with Gasteiger partial charge in [0.1, 0.15) is 12.4 Å². The Morgan fingerprint density at radius 1 is 0.433 bits per heavy atom. The molecule has 10 aromatic carbocycles. The summed E-state index contributed by atoms with van der Waals surface area (Å²) in [6.45, 7) is 5.04. The minimum Gasteiger partial charge on any atom is -0.488 e. The first-order valence-corrected chi connectivity index (χ1v) is 23.5. The second-order valence-electron chi connectivity index (χ2n) is 18.1. The zero-order valence-electron chi connectivity index (χ0n) is 37.8. The summed E-state index contributed by atoms with van der Waals surface area (Å²) in [6.07, 6.45) is 5.56. The maximum absolute atomic E-state index is 7.26. The maximum Gasteiger partial charge on any atom is 0.131 e. The summed E-state index contributed by atoms with van der Waals surface area (Å²) < 4.78 is 7.26. The molecule has 1 atom stereocenters. The number of rotatable bonds is 6. The van der Waals surface area contributed by atoms with Crippen molar-refractivity contribution in [2.45, 2.75) is 32.8 Å². The van der Waals surface area contributed by atoms with E-state index in [1.165, 1.54) is 83.1 Å². The van der Waals surface area contributed by atoms with Gasteiger partial charge in [-0.1, -0.05) is 195 Å². The van der Waals surface area contributed by atoms with E-state index in [2.05, 4.69) is 249 Å². The predicted octanol–water partition coefficient (Wildman–Crippen LogP) is 18.0.